The highest BCUT2D eigenvalue weighted by atomic mass is 32.2. The molecule has 0 aromatic rings. The minimum atomic E-state index is -0.236. The number of hydrogen-bond donors (Lipinski definition) is 2. The fourth-order valence-electron chi connectivity index (χ4n) is 1.39. The Hall–Kier alpha value is -0.220. The summed E-state index contributed by atoms with van der Waals surface area (Å²) >= 11 is 1.90. The summed E-state index contributed by atoms with van der Waals surface area (Å²) in [4.78, 5) is 10.5. The second kappa shape index (κ2) is 7.12. The molecule has 0 spiro atoms. The summed E-state index contributed by atoms with van der Waals surface area (Å²) in [5.74, 6) is -0.236. The zero-order chi connectivity index (χ0) is 11.0. The zero-order valence-corrected chi connectivity index (χ0v) is 10.2. The van der Waals surface area contributed by atoms with Crippen molar-refractivity contribution >= 4 is 17.7 Å². The molecule has 0 fully saturated rings. The average molecular weight is 218 g/mol. The van der Waals surface area contributed by atoms with E-state index in [1.807, 2.05) is 11.8 Å². The molecule has 0 radical (unpaired) electrons. The first-order valence-corrected chi connectivity index (χ1v) is 6.37. The van der Waals surface area contributed by atoms with Crippen LogP contribution in [-0.2, 0) is 4.79 Å². The van der Waals surface area contributed by atoms with Gasteiger partial charge >= 0.3 is 0 Å². The van der Waals surface area contributed by atoms with Crippen LogP contribution in [-0.4, -0.2) is 30.0 Å². The van der Waals surface area contributed by atoms with Gasteiger partial charge in [-0.15, -0.1) is 0 Å². The predicted molar refractivity (Wildman–Crippen MR) is 63.5 cm³/mol. The van der Waals surface area contributed by atoms with Gasteiger partial charge in [0.1, 0.15) is 0 Å². The first kappa shape index (κ1) is 13.8. The summed E-state index contributed by atoms with van der Waals surface area (Å²) in [6.07, 6.45) is 4.86. The molecular weight excluding hydrogens is 196 g/mol. The highest BCUT2D eigenvalue weighted by Crippen LogP contribution is 2.29. The van der Waals surface area contributed by atoms with Gasteiger partial charge < -0.3 is 11.1 Å². The molecule has 84 valence electrons. The average Bonchev–Trinajstić information content (AvgIpc) is 2.19. The summed E-state index contributed by atoms with van der Waals surface area (Å²) in [6, 6.07) is 0. The number of primary amides is 1. The third-order valence-electron chi connectivity index (χ3n) is 2.72. The predicted octanol–water partition coefficient (Wildman–Crippen LogP) is 1.37. The van der Waals surface area contributed by atoms with Gasteiger partial charge in [0.15, 0.2) is 0 Å². The largest absolute Gasteiger partial charge is 0.370 e. The fourth-order valence-corrected chi connectivity index (χ4v) is 2.21. The van der Waals surface area contributed by atoms with Gasteiger partial charge in [0.2, 0.25) is 5.91 Å². The molecule has 0 aliphatic rings. The van der Waals surface area contributed by atoms with Gasteiger partial charge in [-0.25, -0.2) is 0 Å². The topological polar surface area (TPSA) is 55.1 Å². The molecule has 0 atom stereocenters. The van der Waals surface area contributed by atoms with Gasteiger partial charge in [-0.2, -0.15) is 11.8 Å². The fraction of sp³-hybridized carbons (Fsp3) is 0.900. The van der Waals surface area contributed by atoms with Gasteiger partial charge in [-0.1, -0.05) is 13.8 Å². The Morgan fingerprint density at radius 2 is 2.00 bits per heavy atom. The van der Waals surface area contributed by atoms with Gasteiger partial charge in [0.05, 0.1) is 0 Å². The molecule has 0 saturated carbocycles. The number of carbonyl (C=O) groups is 1. The van der Waals surface area contributed by atoms with E-state index < -0.39 is 0 Å². The monoisotopic (exact) mass is 218 g/mol. The van der Waals surface area contributed by atoms with Crippen molar-refractivity contribution in [3.8, 4) is 0 Å². The van der Waals surface area contributed by atoms with Crippen molar-refractivity contribution in [1.29, 1.82) is 0 Å². The van der Waals surface area contributed by atoms with E-state index in [2.05, 4.69) is 25.4 Å². The molecule has 0 saturated heterocycles. The van der Waals surface area contributed by atoms with Crippen LogP contribution in [0.1, 0.15) is 33.1 Å². The lowest BCUT2D eigenvalue weighted by molar-refractivity contribution is -0.117. The Morgan fingerprint density at radius 1 is 1.43 bits per heavy atom. The Bertz CT molecular complexity index is 161. The second-order valence-corrected chi connectivity index (χ2v) is 4.76. The SMILES string of the molecule is CCC(CC)(CNCCC(N)=O)SC. The minimum Gasteiger partial charge on any atom is -0.370 e. The number of amides is 1. The summed E-state index contributed by atoms with van der Waals surface area (Å²) in [5, 5.41) is 3.29. The molecule has 3 N–H and O–H groups in total. The molecule has 0 rings (SSSR count). The Balaban J connectivity index is 3.77. The maximum Gasteiger partial charge on any atom is 0.218 e. The summed E-state index contributed by atoms with van der Waals surface area (Å²) in [7, 11) is 0. The summed E-state index contributed by atoms with van der Waals surface area (Å²) < 4.78 is 0.317. The van der Waals surface area contributed by atoms with E-state index in [0.29, 0.717) is 17.7 Å². The molecule has 0 aliphatic carbocycles. The molecule has 1 amide bonds. The molecular formula is C10H22N2OS. The molecule has 0 aliphatic heterocycles. The van der Waals surface area contributed by atoms with Crippen LogP contribution < -0.4 is 11.1 Å². The lowest BCUT2D eigenvalue weighted by atomic mass is 10.0. The van der Waals surface area contributed by atoms with Crippen molar-refractivity contribution in [2.45, 2.75) is 37.9 Å². The number of thioether (sulfide) groups is 1. The highest BCUT2D eigenvalue weighted by Gasteiger charge is 2.23. The van der Waals surface area contributed by atoms with Gasteiger partial charge in [-0.05, 0) is 19.1 Å². The van der Waals surface area contributed by atoms with Crippen molar-refractivity contribution in [1.82, 2.24) is 5.32 Å². The van der Waals surface area contributed by atoms with Crippen LogP contribution in [0.5, 0.6) is 0 Å². The van der Waals surface area contributed by atoms with Crippen molar-refractivity contribution in [2.24, 2.45) is 5.73 Å². The maximum absolute atomic E-state index is 10.5. The quantitative estimate of drug-likeness (QED) is 0.605. The van der Waals surface area contributed by atoms with Crippen LogP contribution in [0.4, 0.5) is 0 Å². The van der Waals surface area contributed by atoms with Gasteiger partial charge in [0, 0.05) is 24.3 Å². The van der Waals surface area contributed by atoms with E-state index in [1.165, 1.54) is 0 Å². The van der Waals surface area contributed by atoms with Crippen LogP contribution in [0, 0.1) is 0 Å². The first-order chi connectivity index (χ1) is 6.60. The third kappa shape index (κ3) is 4.86. The summed E-state index contributed by atoms with van der Waals surface area (Å²) in [5.41, 5.74) is 5.06. The minimum absolute atomic E-state index is 0.236. The van der Waals surface area contributed by atoms with Crippen molar-refractivity contribution in [3.05, 3.63) is 0 Å². The van der Waals surface area contributed by atoms with Crippen LogP contribution in [0.3, 0.4) is 0 Å². The lowest BCUT2D eigenvalue weighted by Gasteiger charge is -2.29. The smallest absolute Gasteiger partial charge is 0.218 e. The lowest BCUT2D eigenvalue weighted by Crippen LogP contribution is -2.37. The molecule has 0 unspecified atom stereocenters. The van der Waals surface area contributed by atoms with E-state index >= 15 is 0 Å². The van der Waals surface area contributed by atoms with E-state index in [9.17, 15) is 4.79 Å². The molecule has 3 nitrogen and oxygen atoms in total. The molecule has 14 heavy (non-hydrogen) atoms. The van der Waals surface area contributed by atoms with Crippen LogP contribution >= 0.6 is 11.8 Å². The van der Waals surface area contributed by atoms with Crippen molar-refractivity contribution in [3.63, 3.8) is 0 Å². The van der Waals surface area contributed by atoms with Crippen LogP contribution in [0.2, 0.25) is 0 Å². The highest BCUT2D eigenvalue weighted by molar-refractivity contribution is 8.00. The second-order valence-electron chi connectivity index (χ2n) is 3.49. The molecule has 0 aromatic heterocycles. The van der Waals surface area contributed by atoms with Crippen molar-refractivity contribution < 1.29 is 4.79 Å². The van der Waals surface area contributed by atoms with E-state index in [-0.39, 0.29) is 5.91 Å². The number of nitrogens with one attached hydrogen (secondary N) is 1. The Labute approximate surface area is 91.2 Å². The zero-order valence-electron chi connectivity index (χ0n) is 9.43. The van der Waals surface area contributed by atoms with Crippen molar-refractivity contribution in [2.75, 3.05) is 19.3 Å². The van der Waals surface area contributed by atoms with E-state index in [1.54, 1.807) is 0 Å². The normalized spacial score (nSPS) is 11.6. The molecule has 0 heterocycles. The maximum atomic E-state index is 10.5. The number of rotatable bonds is 8. The Kier molecular flexibility index (Phi) is 7.01. The van der Waals surface area contributed by atoms with Crippen LogP contribution in [0.25, 0.3) is 0 Å². The van der Waals surface area contributed by atoms with Crippen LogP contribution in [0.15, 0.2) is 0 Å². The first-order valence-electron chi connectivity index (χ1n) is 5.14. The molecule has 0 bridgehead atoms. The van der Waals surface area contributed by atoms with E-state index in [4.69, 9.17) is 5.73 Å². The number of hydrogen-bond acceptors (Lipinski definition) is 3. The van der Waals surface area contributed by atoms with Gasteiger partial charge in [-0.3, -0.25) is 4.79 Å². The Morgan fingerprint density at radius 3 is 2.36 bits per heavy atom. The van der Waals surface area contributed by atoms with Gasteiger partial charge in [0.25, 0.3) is 0 Å². The summed E-state index contributed by atoms with van der Waals surface area (Å²) in [6.45, 7) is 6.05. The standard InChI is InChI=1S/C10H22N2OS/c1-4-10(5-2,14-3)8-12-7-6-9(11)13/h12H,4-8H2,1-3H3,(H2,11,13). The molecule has 4 heteroatoms. The van der Waals surface area contributed by atoms with E-state index in [0.717, 1.165) is 19.4 Å². The number of carbonyl (C=O) groups excluding carboxylic acids is 1. The molecule has 0 aromatic carbocycles. The number of nitrogens with two attached hydrogens (primary N) is 1. The third-order valence-corrected chi connectivity index (χ3v) is 4.30.